The molecule has 0 bridgehead atoms. The predicted molar refractivity (Wildman–Crippen MR) is 65.6 cm³/mol. The molecule has 0 saturated heterocycles. The summed E-state index contributed by atoms with van der Waals surface area (Å²) < 4.78 is 10.6. The highest BCUT2D eigenvalue weighted by atomic mass is 16.5. The average molecular weight is 230 g/mol. The molecule has 0 amide bonds. The van der Waals surface area contributed by atoms with Gasteiger partial charge in [-0.1, -0.05) is 27.7 Å². The van der Waals surface area contributed by atoms with Crippen molar-refractivity contribution in [2.75, 3.05) is 26.4 Å². The molecule has 0 aromatic rings. The van der Waals surface area contributed by atoms with Crippen LogP contribution in [-0.2, 0) is 14.3 Å². The van der Waals surface area contributed by atoms with Crippen LogP contribution in [0.4, 0.5) is 0 Å². The van der Waals surface area contributed by atoms with Crippen LogP contribution in [0, 0.1) is 11.8 Å². The van der Waals surface area contributed by atoms with Crippen molar-refractivity contribution in [3.63, 3.8) is 0 Å². The van der Waals surface area contributed by atoms with Gasteiger partial charge in [0.05, 0.1) is 13.2 Å². The molecule has 3 heteroatoms. The standard InChI is InChI=1S/C13H26O3/c1-11(2)5-6-15-7-8-16-10-13(14)9-12(3)4/h11-12H,5-10H2,1-4H3. The zero-order valence-electron chi connectivity index (χ0n) is 11.1. The molecule has 0 aromatic carbocycles. The van der Waals surface area contributed by atoms with E-state index in [1.165, 1.54) is 0 Å². The second-order valence-corrected chi connectivity index (χ2v) is 4.98. The molecule has 0 aliphatic carbocycles. The van der Waals surface area contributed by atoms with E-state index in [9.17, 15) is 4.79 Å². The van der Waals surface area contributed by atoms with Gasteiger partial charge in [-0.3, -0.25) is 4.79 Å². The van der Waals surface area contributed by atoms with Crippen LogP contribution in [0.25, 0.3) is 0 Å². The Balaban J connectivity index is 3.18. The van der Waals surface area contributed by atoms with Gasteiger partial charge in [0.2, 0.25) is 0 Å². The SMILES string of the molecule is CC(C)CCOCCOCC(=O)CC(C)C. The second-order valence-electron chi connectivity index (χ2n) is 4.98. The van der Waals surface area contributed by atoms with Crippen molar-refractivity contribution in [3.05, 3.63) is 0 Å². The fraction of sp³-hybridized carbons (Fsp3) is 0.923. The van der Waals surface area contributed by atoms with Gasteiger partial charge in [-0.25, -0.2) is 0 Å². The van der Waals surface area contributed by atoms with E-state index < -0.39 is 0 Å². The lowest BCUT2D eigenvalue weighted by Crippen LogP contribution is -2.14. The second kappa shape index (κ2) is 9.79. The topological polar surface area (TPSA) is 35.5 Å². The van der Waals surface area contributed by atoms with Crippen LogP contribution in [0.2, 0.25) is 0 Å². The summed E-state index contributed by atoms with van der Waals surface area (Å²) in [4.78, 5) is 11.3. The zero-order chi connectivity index (χ0) is 12.4. The quantitative estimate of drug-likeness (QED) is 0.541. The summed E-state index contributed by atoms with van der Waals surface area (Å²) in [5, 5.41) is 0. The lowest BCUT2D eigenvalue weighted by Gasteiger charge is -2.07. The summed E-state index contributed by atoms with van der Waals surface area (Å²) >= 11 is 0. The van der Waals surface area contributed by atoms with Crippen molar-refractivity contribution in [1.29, 1.82) is 0 Å². The maximum Gasteiger partial charge on any atom is 0.158 e. The normalized spacial score (nSPS) is 11.4. The van der Waals surface area contributed by atoms with Gasteiger partial charge in [-0.15, -0.1) is 0 Å². The van der Waals surface area contributed by atoms with Crippen molar-refractivity contribution >= 4 is 5.78 Å². The van der Waals surface area contributed by atoms with Gasteiger partial charge in [-0.2, -0.15) is 0 Å². The first-order valence-electron chi connectivity index (χ1n) is 6.19. The molecule has 0 aliphatic heterocycles. The Morgan fingerprint density at radius 3 is 2.12 bits per heavy atom. The van der Waals surface area contributed by atoms with E-state index in [1.54, 1.807) is 0 Å². The number of Topliss-reactive ketones (excluding diaryl/α,β-unsaturated/α-hetero) is 1. The third-order valence-electron chi connectivity index (χ3n) is 2.11. The zero-order valence-corrected chi connectivity index (χ0v) is 11.1. The van der Waals surface area contributed by atoms with Crippen molar-refractivity contribution in [1.82, 2.24) is 0 Å². The number of hydrogen-bond acceptors (Lipinski definition) is 3. The number of ketones is 1. The molecular formula is C13H26O3. The molecule has 0 atom stereocenters. The maximum absolute atomic E-state index is 11.3. The van der Waals surface area contributed by atoms with Gasteiger partial charge in [0, 0.05) is 13.0 Å². The molecule has 3 nitrogen and oxygen atoms in total. The van der Waals surface area contributed by atoms with Gasteiger partial charge >= 0.3 is 0 Å². The summed E-state index contributed by atoms with van der Waals surface area (Å²) in [5.74, 6) is 1.27. The third kappa shape index (κ3) is 11.7. The van der Waals surface area contributed by atoms with Crippen molar-refractivity contribution < 1.29 is 14.3 Å². The van der Waals surface area contributed by atoms with E-state index >= 15 is 0 Å². The Bertz CT molecular complexity index is 176. The number of rotatable bonds is 10. The summed E-state index contributed by atoms with van der Waals surface area (Å²) in [6, 6.07) is 0. The molecule has 0 fully saturated rings. The lowest BCUT2D eigenvalue weighted by atomic mass is 10.1. The van der Waals surface area contributed by atoms with Crippen molar-refractivity contribution in [2.24, 2.45) is 11.8 Å². The number of ether oxygens (including phenoxy) is 2. The van der Waals surface area contributed by atoms with E-state index in [0.717, 1.165) is 13.0 Å². The molecule has 0 rings (SSSR count). The monoisotopic (exact) mass is 230 g/mol. The van der Waals surface area contributed by atoms with Crippen LogP contribution in [0.3, 0.4) is 0 Å². The minimum Gasteiger partial charge on any atom is -0.379 e. The van der Waals surface area contributed by atoms with Crippen LogP contribution in [0.5, 0.6) is 0 Å². The third-order valence-corrected chi connectivity index (χ3v) is 2.11. The van der Waals surface area contributed by atoms with Gasteiger partial charge in [0.15, 0.2) is 5.78 Å². The van der Waals surface area contributed by atoms with Crippen LogP contribution < -0.4 is 0 Å². The Hall–Kier alpha value is -0.410. The summed E-state index contributed by atoms with van der Waals surface area (Å²) in [5.41, 5.74) is 0. The molecule has 0 aromatic heterocycles. The Kier molecular flexibility index (Phi) is 9.54. The minimum atomic E-state index is 0.178. The highest BCUT2D eigenvalue weighted by Gasteiger charge is 2.04. The first-order chi connectivity index (χ1) is 7.52. The van der Waals surface area contributed by atoms with E-state index in [4.69, 9.17) is 9.47 Å². The lowest BCUT2D eigenvalue weighted by molar-refractivity contribution is -0.124. The largest absolute Gasteiger partial charge is 0.379 e. The molecule has 16 heavy (non-hydrogen) atoms. The van der Waals surface area contributed by atoms with Gasteiger partial charge < -0.3 is 9.47 Å². The Morgan fingerprint density at radius 2 is 1.56 bits per heavy atom. The van der Waals surface area contributed by atoms with Crippen LogP contribution in [-0.4, -0.2) is 32.2 Å². The van der Waals surface area contributed by atoms with Crippen LogP contribution in [0.1, 0.15) is 40.5 Å². The summed E-state index contributed by atoms with van der Waals surface area (Å²) in [6.45, 7) is 10.5. The van der Waals surface area contributed by atoms with E-state index in [2.05, 4.69) is 13.8 Å². The van der Waals surface area contributed by atoms with Crippen LogP contribution >= 0.6 is 0 Å². The molecule has 0 spiro atoms. The molecule has 0 radical (unpaired) electrons. The molecule has 0 saturated carbocycles. The van der Waals surface area contributed by atoms with Gasteiger partial charge in [0.25, 0.3) is 0 Å². The fourth-order valence-corrected chi connectivity index (χ4v) is 1.24. The number of carbonyl (C=O) groups is 1. The minimum absolute atomic E-state index is 0.178. The van der Waals surface area contributed by atoms with Crippen LogP contribution in [0.15, 0.2) is 0 Å². The molecular weight excluding hydrogens is 204 g/mol. The number of hydrogen-bond donors (Lipinski definition) is 0. The first kappa shape index (κ1) is 15.6. The van der Waals surface area contributed by atoms with Crippen molar-refractivity contribution in [2.45, 2.75) is 40.5 Å². The molecule has 0 unspecified atom stereocenters. The molecule has 0 N–H and O–H groups in total. The predicted octanol–water partition coefficient (Wildman–Crippen LogP) is 2.68. The molecule has 96 valence electrons. The highest BCUT2D eigenvalue weighted by molar-refractivity contribution is 5.79. The Morgan fingerprint density at radius 1 is 0.938 bits per heavy atom. The van der Waals surface area contributed by atoms with Gasteiger partial charge in [0.1, 0.15) is 6.61 Å². The Labute approximate surface area is 99.5 Å². The van der Waals surface area contributed by atoms with E-state index in [1.807, 2.05) is 13.8 Å². The smallest absolute Gasteiger partial charge is 0.158 e. The van der Waals surface area contributed by atoms with Crippen molar-refractivity contribution in [3.8, 4) is 0 Å². The fourth-order valence-electron chi connectivity index (χ4n) is 1.24. The number of carbonyl (C=O) groups excluding carboxylic acids is 1. The average Bonchev–Trinajstić information content (AvgIpc) is 2.14. The molecule has 0 heterocycles. The maximum atomic E-state index is 11.3. The van der Waals surface area contributed by atoms with Gasteiger partial charge in [-0.05, 0) is 18.3 Å². The summed E-state index contributed by atoms with van der Waals surface area (Å²) in [7, 11) is 0. The van der Waals surface area contributed by atoms with E-state index in [-0.39, 0.29) is 12.4 Å². The molecule has 0 aliphatic rings. The van der Waals surface area contributed by atoms with E-state index in [0.29, 0.717) is 31.5 Å². The highest BCUT2D eigenvalue weighted by Crippen LogP contribution is 2.00. The summed E-state index contributed by atoms with van der Waals surface area (Å²) in [6.07, 6.45) is 1.68. The first-order valence-corrected chi connectivity index (χ1v) is 6.19.